The first-order valence-electron chi connectivity index (χ1n) is 9.31. The normalized spacial score (nSPS) is 26.1. The highest BCUT2D eigenvalue weighted by atomic mass is 19.4. The van der Waals surface area contributed by atoms with E-state index in [-0.39, 0.29) is 18.6 Å². The first-order chi connectivity index (χ1) is 14.1. The van der Waals surface area contributed by atoms with Crippen LogP contribution in [0.2, 0.25) is 0 Å². The molecule has 2 aliphatic rings. The lowest BCUT2D eigenvalue weighted by molar-refractivity contribution is -0.259. The lowest BCUT2D eigenvalue weighted by Gasteiger charge is -2.29. The summed E-state index contributed by atoms with van der Waals surface area (Å²) in [5.41, 5.74) is -3.99. The largest absolute Gasteiger partial charge is 0.466 e. The van der Waals surface area contributed by atoms with Crippen molar-refractivity contribution >= 4 is 17.6 Å². The summed E-state index contributed by atoms with van der Waals surface area (Å²) < 4.78 is 73.2. The highest BCUT2D eigenvalue weighted by Crippen LogP contribution is 2.42. The maximum absolute atomic E-state index is 13.8. The summed E-state index contributed by atoms with van der Waals surface area (Å²) in [6.45, 7) is 1.82. The molecule has 3 atom stereocenters. The maximum atomic E-state index is 13.8. The number of carbonyl (C=O) groups excluding carboxylic acids is 2. The molecule has 1 N–H and O–H groups in total. The van der Waals surface area contributed by atoms with Crippen molar-refractivity contribution in [2.75, 3.05) is 6.61 Å². The zero-order valence-corrected chi connectivity index (χ0v) is 15.9. The van der Waals surface area contributed by atoms with Gasteiger partial charge in [0.2, 0.25) is 0 Å². The Morgan fingerprint density at radius 3 is 2.50 bits per heavy atom. The number of nitrogens with one attached hydrogen (secondary N) is 1. The Balaban J connectivity index is 1.74. The molecule has 1 aliphatic carbocycles. The molecule has 0 bridgehead atoms. The summed E-state index contributed by atoms with van der Waals surface area (Å²) in [6.07, 6.45) is -5.38. The van der Waals surface area contributed by atoms with Crippen molar-refractivity contribution in [3.05, 3.63) is 35.4 Å². The van der Waals surface area contributed by atoms with E-state index in [1.54, 1.807) is 6.92 Å². The standard InChI is InChI=1S/C19H19F5N2O4/c1-2-29-16(27)10-3-4-14(7-10)25-17(28)18(19(22,23)24)9-15(26-30-18)11-5-12(20)8-13(21)6-11/h5-6,8,10,14H,2-4,7,9H2,1H3,(H,25,28)/t10-,14-,18+/m0/s1. The van der Waals surface area contributed by atoms with Gasteiger partial charge in [-0.3, -0.25) is 9.59 Å². The highest BCUT2D eigenvalue weighted by Gasteiger charge is 2.66. The molecular weight excluding hydrogens is 415 g/mol. The number of halogens is 5. The molecule has 1 aliphatic heterocycles. The molecule has 1 fully saturated rings. The van der Waals surface area contributed by atoms with Crippen molar-refractivity contribution < 1.29 is 41.1 Å². The number of benzene rings is 1. The van der Waals surface area contributed by atoms with Crippen LogP contribution in [0, 0.1) is 17.6 Å². The quantitative estimate of drug-likeness (QED) is 0.570. The van der Waals surface area contributed by atoms with E-state index in [4.69, 9.17) is 4.74 Å². The van der Waals surface area contributed by atoms with Gasteiger partial charge in [0.25, 0.3) is 5.91 Å². The molecule has 1 saturated carbocycles. The van der Waals surface area contributed by atoms with E-state index in [2.05, 4.69) is 15.3 Å². The number of alkyl halides is 3. The summed E-state index contributed by atoms with van der Waals surface area (Å²) >= 11 is 0. The van der Waals surface area contributed by atoms with Crippen molar-refractivity contribution in [1.29, 1.82) is 0 Å². The van der Waals surface area contributed by atoms with Gasteiger partial charge in [-0.2, -0.15) is 13.2 Å². The smallest absolute Gasteiger partial charge is 0.440 e. The van der Waals surface area contributed by atoms with Crippen LogP contribution in [0.25, 0.3) is 0 Å². The van der Waals surface area contributed by atoms with Crippen LogP contribution in [0.3, 0.4) is 0 Å². The Kier molecular flexibility index (Phi) is 6.00. The highest BCUT2D eigenvalue weighted by molar-refractivity contribution is 6.05. The summed E-state index contributed by atoms with van der Waals surface area (Å²) in [7, 11) is 0. The number of carbonyl (C=O) groups is 2. The van der Waals surface area contributed by atoms with Gasteiger partial charge in [0.05, 0.1) is 24.7 Å². The summed E-state index contributed by atoms with van der Waals surface area (Å²) in [6, 6.07) is 1.49. The van der Waals surface area contributed by atoms with Gasteiger partial charge in [0, 0.05) is 17.7 Å². The van der Waals surface area contributed by atoms with Gasteiger partial charge in [0.15, 0.2) is 0 Å². The van der Waals surface area contributed by atoms with Crippen molar-refractivity contribution in [1.82, 2.24) is 5.32 Å². The SMILES string of the molecule is CCOC(=O)[C@H]1CC[C@H](NC(=O)[C@@]2(C(F)(F)F)CC(c3cc(F)cc(F)c3)=NO2)C1. The summed E-state index contributed by atoms with van der Waals surface area (Å²) in [5, 5.41) is 5.58. The molecule has 6 nitrogen and oxygen atoms in total. The number of nitrogens with zero attached hydrogens (tertiary/aromatic N) is 1. The minimum absolute atomic E-state index is 0.140. The zero-order chi connectivity index (χ0) is 22.1. The topological polar surface area (TPSA) is 77.0 Å². The Morgan fingerprint density at radius 1 is 1.23 bits per heavy atom. The molecule has 0 radical (unpaired) electrons. The van der Waals surface area contributed by atoms with Gasteiger partial charge in [0.1, 0.15) is 11.6 Å². The second-order valence-electron chi connectivity index (χ2n) is 7.22. The number of amides is 1. The molecule has 1 amide bonds. The van der Waals surface area contributed by atoms with E-state index in [9.17, 15) is 31.5 Å². The first kappa shape index (κ1) is 22.0. The van der Waals surface area contributed by atoms with Gasteiger partial charge >= 0.3 is 17.7 Å². The third-order valence-electron chi connectivity index (χ3n) is 5.14. The van der Waals surface area contributed by atoms with E-state index >= 15 is 0 Å². The lowest BCUT2D eigenvalue weighted by atomic mass is 9.92. The van der Waals surface area contributed by atoms with Crippen LogP contribution in [-0.4, -0.2) is 42.0 Å². The first-order valence-corrected chi connectivity index (χ1v) is 9.31. The monoisotopic (exact) mass is 434 g/mol. The predicted molar refractivity (Wildman–Crippen MR) is 93.3 cm³/mol. The fourth-order valence-electron chi connectivity index (χ4n) is 3.60. The van der Waals surface area contributed by atoms with Crippen LogP contribution in [0.5, 0.6) is 0 Å². The number of rotatable bonds is 5. The fraction of sp³-hybridized carbons (Fsp3) is 0.526. The molecule has 1 heterocycles. The molecule has 11 heteroatoms. The number of esters is 1. The minimum atomic E-state index is -5.15. The number of hydrogen-bond acceptors (Lipinski definition) is 5. The van der Waals surface area contributed by atoms with Crippen LogP contribution in [0.1, 0.15) is 38.2 Å². The maximum Gasteiger partial charge on any atom is 0.440 e. The van der Waals surface area contributed by atoms with E-state index in [0.29, 0.717) is 18.9 Å². The van der Waals surface area contributed by atoms with Crippen LogP contribution >= 0.6 is 0 Å². The van der Waals surface area contributed by atoms with E-state index in [0.717, 1.165) is 12.1 Å². The van der Waals surface area contributed by atoms with E-state index in [1.807, 2.05) is 0 Å². The van der Waals surface area contributed by atoms with Gasteiger partial charge < -0.3 is 14.9 Å². The third kappa shape index (κ3) is 4.24. The van der Waals surface area contributed by atoms with Crippen LogP contribution < -0.4 is 5.32 Å². The molecule has 164 valence electrons. The van der Waals surface area contributed by atoms with Gasteiger partial charge in [-0.05, 0) is 38.3 Å². The Hall–Kier alpha value is -2.72. The molecule has 3 rings (SSSR count). The van der Waals surface area contributed by atoms with Gasteiger partial charge in [-0.25, -0.2) is 8.78 Å². The van der Waals surface area contributed by atoms with E-state index < -0.39 is 59.4 Å². The fourth-order valence-corrected chi connectivity index (χ4v) is 3.60. The number of hydrogen-bond donors (Lipinski definition) is 1. The van der Waals surface area contributed by atoms with E-state index in [1.165, 1.54) is 0 Å². The van der Waals surface area contributed by atoms with Gasteiger partial charge in [-0.1, -0.05) is 5.16 Å². The molecule has 0 saturated heterocycles. The Morgan fingerprint density at radius 2 is 1.90 bits per heavy atom. The minimum Gasteiger partial charge on any atom is -0.466 e. The molecule has 1 aromatic carbocycles. The molecule has 0 unspecified atom stereocenters. The average molecular weight is 434 g/mol. The zero-order valence-electron chi connectivity index (χ0n) is 15.9. The number of oxime groups is 1. The second-order valence-corrected chi connectivity index (χ2v) is 7.22. The molecule has 0 spiro atoms. The summed E-state index contributed by atoms with van der Waals surface area (Å²) in [4.78, 5) is 28.9. The molecular formula is C19H19F5N2O4. The second kappa shape index (κ2) is 8.19. The van der Waals surface area contributed by atoms with Gasteiger partial charge in [-0.15, -0.1) is 0 Å². The van der Waals surface area contributed by atoms with Crippen molar-refractivity contribution in [2.45, 2.75) is 50.4 Å². The number of ether oxygens (including phenoxy) is 1. The van der Waals surface area contributed by atoms with Crippen LogP contribution in [-0.2, 0) is 19.2 Å². The van der Waals surface area contributed by atoms with Crippen molar-refractivity contribution in [3.63, 3.8) is 0 Å². The Bertz CT molecular complexity index is 853. The Labute approximate surface area is 168 Å². The van der Waals surface area contributed by atoms with Crippen LogP contribution in [0.4, 0.5) is 22.0 Å². The lowest BCUT2D eigenvalue weighted by Crippen LogP contribution is -2.58. The predicted octanol–water partition coefficient (Wildman–Crippen LogP) is 3.24. The van der Waals surface area contributed by atoms with Crippen molar-refractivity contribution in [3.8, 4) is 0 Å². The average Bonchev–Trinajstić information content (AvgIpc) is 3.28. The molecule has 30 heavy (non-hydrogen) atoms. The van der Waals surface area contributed by atoms with Crippen molar-refractivity contribution in [2.24, 2.45) is 11.1 Å². The summed E-state index contributed by atoms with van der Waals surface area (Å²) in [5.74, 6) is -4.45. The van der Waals surface area contributed by atoms with Crippen LogP contribution in [0.15, 0.2) is 23.4 Å². The molecule has 1 aromatic rings. The third-order valence-corrected chi connectivity index (χ3v) is 5.14. The molecule has 0 aromatic heterocycles.